The Morgan fingerprint density at radius 1 is 1.06 bits per heavy atom. The number of rotatable bonds is 6. The Bertz CT molecular complexity index is 1040. The van der Waals surface area contributed by atoms with Crippen molar-refractivity contribution in [2.24, 2.45) is 0 Å². The van der Waals surface area contributed by atoms with Crippen LogP contribution in [0.1, 0.15) is 36.2 Å². The molecular formula is C23H23N3O6. The van der Waals surface area contributed by atoms with E-state index >= 15 is 0 Å². The molecule has 0 spiro atoms. The maximum atomic E-state index is 13.0. The van der Waals surface area contributed by atoms with Crippen LogP contribution in [-0.2, 0) is 30.3 Å². The summed E-state index contributed by atoms with van der Waals surface area (Å²) in [5, 5.41) is 0.901. The van der Waals surface area contributed by atoms with Gasteiger partial charge in [0.05, 0.1) is 30.7 Å². The molecule has 2 aromatic rings. The van der Waals surface area contributed by atoms with Crippen molar-refractivity contribution in [3.8, 4) is 0 Å². The highest BCUT2D eigenvalue weighted by Crippen LogP contribution is 2.26. The van der Waals surface area contributed by atoms with Gasteiger partial charge in [-0.1, -0.05) is 30.3 Å². The first-order chi connectivity index (χ1) is 15.3. The molecular weight excluding hydrogens is 414 g/mol. The zero-order valence-electron chi connectivity index (χ0n) is 17.7. The SMILES string of the molecule is CCOC(=O)c1ccc(N2C(=O)CC(N(NC(=O)Cc3ccccc3)C(C)=O)C2=O)cc1. The average Bonchev–Trinajstić information content (AvgIpc) is 3.06. The van der Waals surface area contributed by atoms with E-state index in [9.17, 15) is 24.0 Å². The summed E-state index contributed by atoms with van der Waals surface area (Å²) < 4.78 is 4.92. The molecule has 2 aromatic carbocycles. The normalized spacial score (nSPS) is 15.4. The summed E-state index contributed by atoms with van der Waals surface area (Å²) in [5.74, 6) is -2.73. The molecule has 1 saturated heterocycles. The van der Waals surface area contributed by atoms with Gasteiger partial charge in [0.25, 0.3) is 5.91 Å². The summed E-state index contributed by atoms with van der Waals surface area (Å²) >= 11 is 0. The van der Waals surface area contributed by atoms with Crippen LogP contribution in [0.25, 0.3) is 0 Å². The van der Waals surface area contributed by atoms with Crippen LogP contribution >= 0.6 is 0 Å². The largest absolute Gasteiger partial charge is 0.462 e. The Kier molecular flexibility index (Phi) is 6.99. The topological polar surface area (TPSA) is 113 Å². The number of amides is 4. The highest BCUT2D eigenvalue weighted by Gasteiger charge is 2.44. The molecule has 4 amide bonds. The molecule has 166 valence electrons. The molecule has 9 nitrogen and oxygen atoms in total. The van der Waals surface area contributed by atoms with Gasteiger partial charge in [-0.25, -0.2) is 14.7 Å². The molecule has 0 radical (unpaired) electrons. The summed E-state index contributed by atoms with van der Waals surface area (Å²) in [5.41, 5.74) is 3.73. The first-order valence-electron chi connectivity index (χ1n) is 10.1. The van der Waals surface area contributed by atoms with Gasteiger partial charge in [-0.15, -0.1) is 0 Å². The maximum absolute atomic E-state index is 13.0. The number of carbonyl (C=O) groups is 5. The molecule has 1 aliphatic heterocycles. The van der Waals surface area contributed by atoms with E-state index in [4.69, 9.17) is 4.74 Å². The van der Waals surface area contributed by atoms with Crippen molar-refractivity contribution in [2.45, 2.75) is 32.7 Å². The third kappa shape index (κ3) is 5.00. The van der Waals surface area contributed by atoms with Crippen LogP contribution in [-0.4, -0.2) is 47.3 Å². The van der Waals surface area contributed by atoms with Gasteiger partial charge in [-0.05, 0) is 36.8 Å². The first kappa shape index (κ1) is 22.7. The van der Waals surface area contributed by atoms with Crippen molar-refractivity contribution < 1.29 is 28.7 Å². The second kappa shape index (κ2) is 9.86. The maximum Gasteiger partial charge on any atom is 0.338 e. The summed E-state index contributed by atoms with van der Waals surface area (Å²) in [6.45, 7) is 3.12. The molecule has 3 rings (SSSR count). The molecule has 0 saturated carbocycles. The fourth-order valence-corrected chi connectivity index (χ4v) is 3.38. The lowest BCUT2D eigenvalue weighted by Crippen LogP contribution is -2.54. The number of hydrazine groups is 1. The minimum absolute atomic E-state index is 0.0124. The zero-order chi connectivity index (χ0) is 23.3. The summed E-state index contributed by atoms with van der Waals surface area (Å²) in [6.07, 6.45) is -0.262. The average molecular weight is 437 g/mol. The van der Waals surface area contributed by atoms with Crippen molar-refractivity contribution in [3.63, 3.8) is 0 Å². The summed E-state index contributed by atoms with van der Waals surface area (Å²) in [7, 11) is 0. The molecule has 1 heterocycles. The number of hydrogen-bond donors (Lipinski definition) is 1. The van der Waals surface area contributed by atoms with Gasteiger partial charge in [0.1, 0.15) is 6.04 Å². The number of anilines is 1. The Hall–Kier alpha value is -4.01. The van der Waals surface area contributed by atoms with Gasteiger partial charge < -0.3 is 4.74 Å². The van der Waals surface area contributed by atoms with E-state index in [1.807, 2.05) is 6.07 Å². The van der Waals surface area contributed by atoms with Crippen LogP contribution in [0.15, 0.2) is 54.6 Å². The number of carbonyl (C=O) groups excluding carboxylic acids is 5. The molecule has 9 heteroatoms. The minimum Gasteiger partial charge on any atom is -0.462 e. The van der Waals surface area contributed by atoms with E-state index in [-0.39, 0.29) is 30.7 Å². The van der Waals surface area contributed by atoms with Crippen LogP contribution in [0.2, 0.25) is 0 Å². The van der Waals surface area contributed by atoms with E-state index in [1.54, 1.807) is 31.2 Å². The fraction of sp³-hybridized carbons (Fsp3) is 0.261. The number of hydrogen-bond acceptors (Lipinski definition) is 6. The van der Waals surface area contributed by atoms with Crippen LogP contribution in [0.3, 0.4) is 0 Å². The van der Waals surface area contributed by atoms with Crippen LogP contribution in [0.4, 0.5) is 5.69 Å². The Morgan fingerprint density at radius 3 is 2.31 bits per heavy atom. The molecule has 0 bridgehead atoms. The zero-order valence-corrected chi connectivity index (χ0v) is 17.7. The molecule has 1 aliphatic rings. The van der Waals surface area contributed by atoms with Crippen molar-refractivity contribution in [3.05, 3.63) is 65.7 Å². The van der Waals surface area contributed by atoms with E-state index in [0.717, 1.165) is 15.5 Å². The monoisotopic (exact) mass is 437 g/mol. The first-order valence-corrected chi connectivity index (χ1v) is 10.1. The standard InChI is InChI=1S/C23H23N3O6/c1-3-32-23(31)17-9-11-18(12-10-17)25-21(29)14-19(22(25)30)26(15(2)27)24-20(28)13-16-7-5-4-6-8-16/h4-12,19H,3,13-14H2,1-2H3,(H,24,28). The Balaban J connectivity index is 1.74. The predicted octanol–water partition coefficient (Wildman–Crippen LogP) is 1.62. The van der Waals surface area contributed by atoms with Crippen LogP contribution in [0, 0.1) is 0 Å². The van der Waals surface area contributed by atoms with E-state index in [2.05, 4.69) is 5.43 Å². The second-order valence-corrected chi connectivity index (χ2v) is 7.14. The van der Waals surface area contributed by atoms with Crippen LogP contribution in [0.5, 0.6) is 0 Å². The third-order valence-corrected chi connectivity index (χ3v) is 4.86. The molecule has 0 aliphatic carbocycles. The number of nitrogens with zero attached hydrogens (tertiary/aromatic N) is 2. The number of benzene rings is 2. The quantitative estimate of drug-likeness (QED) is 0.417. The lowest BCUT2D eigenvalue weighted by molar-refractivity contribution is -0.145. The van der Waals surface area contributed by atoms with Crippen molar-refractivity contribution in [1.29, 1.82) is 0 Å². The van der Waals surface area contributed by atoms with E-state index in [0.29, 0.717) is 0 Å². The van der Waals surface area contributed by atoms with Gasteiger partial charge >= 0.3 is 5.97 Å². The van der Waals surface area contributed by atoms with Crippen LogP contribution < -0.4 is 10.3 Å². The Morgan fingerprint density at radius 2 is 1.72 bits per heavy atom. The van der Waals surface area contributed by atoms with Crippen molar-refractivity contribution in [2.75, 3.05) is 11.5 Å². The molecule has 1 unspecified atom stereocenters. The van der Waals surface area contributed by atoms with E-state index < -0.39 is 35.6 Å². The predicted molar refractivity (Wildman–Crippen MR) is 114 cm³/mol. The second-order valence-electron chi connectivity index (χ2n) is 7.14. The fourth-order valence-electron chi connectivity index (χ4n) is 3.38. The number of imide groups is 1. The number of ether oxygens (including phenoxy) is 1. The number of nitrogens with one attached hydrogen (secondary N) is 1. The van der Waals surface area contributed by atoms with Gasteiger partial charge in [-0.2, -0.15) is 0 Å². The molecule has 1 fully saturated rings. The lowest BCUT2D eigenvalue weighted by Gasteiger charge is -2.26. The summed E-state index contributed by atoms with van der Waals surface area (Å²) in [4.78, 5) is 62.9. The van der Waals surface area contributed by atoms with Crippen molar-refractivity contribution in [1.82, 2.24) is 10.4 Å². The number of esters is 1. The van der Waals surface area contributed by atoms with Gasteiger partial charge in [0.15, 0.2) is 0 Å². The van der Waals surface area contributed by atoms with Gasteiger partial charge in [-0.3, -0.25) is 24.6 Å². The molecule has 0 aromatic heterocycles. The minimum atomic E-state index is -1.16. The lowest BCUT2D eigenvalue weighted by atomic mass is 10.1. The molecule has 1 N–H and O–H groups in total. The molecule has 1 atom stereocenters. The Labute approximate surface area is 184 Å². The van der Waals surface area contributed by atoms with E-state index in [1.165, 1.54) is 31.2 Å². The summed E-state index contributed by atoms with van der Waals surface area (Å²) in [6, 6.07) is 13.6. The molecule has 32 heavy (non-hydrogen) atoms. The third-order valence-electron chi connectivity index (χ3n) is 4.86. The van der Waals surface area contributed by atoms with Crippen molar-refractivity contribution >= 4 is 35.3 Å². The smallest absolute Gasteiger partial charge is 0.338 e. The van der Waals surface area contributed by atoms with Gasteiger partial charge in [0, 0.05) is 6.92 Å². The highest BCUT2D eigenvalue weighted by molar-refractivity contribution is 6.23. The van der Waals surface area contributed by atoms with Gasteiger partial charge in [0.2, 0.25) is 17.7 Å². The highest BCUT2D eigenvalue weighted by atomic mass is 16.5.